The first kappa shape index (κ1) is 24.2. The number of carbonyl (C=O) groups is 1. The van der Waals surface area contributed by atoms with Gasteiger partial charge in [-0.2, -0.15) is 0 Å². The van der Waals surface area contributed by atoms with Crippen LogP contribution in [0.25, 0.3) is 22.3 Å². The molecule has 7 nitrogen and oxygen atoms in total. The van der Waals surface area contributed by atoms with Crippen molar-refractivity contribution in [3.63, 3.8) is 0 Å². The Morgan fingerprint density at radius 2 is 1.71 bits per heavy atom. The number of ether oxygens (including phenoxy) is 3. The van der Waals surface area contributed by atoms with Crippen molar-refractivity contribution in [1.29, 1.82) is 0 Å². The topological polar surface area (TPSA) is 87.0 Å². The molecule has 1 amide bonds. The van der Waals surface area contributed by atoms with E-state index in [1.165, 1.54) is 0 Å². The van der Waals surface area contributed by atoms with Crippen LogP contribution < -0.4 is 25.0 Å². The molecule has 0 atom stereocenters. The molecule has 0 fully saturated rings. The average Bonchev–Trinajstić information content (AvgIpc) is 2.88. The zero-order chi connectivity index (χ0) is 24.8. The molecule has 0 saturated heterocycles. The van der Waals surface area contributed by atoms with E-state index < -0.39 is 0 Å². The quantitative estimate of drug-likeness (QED) is 0.358. The highest BCUT2D eigenvalue weighted by atomic mass is 35.5. The summed E-state index contributed by atoms with van der Waals surface area (Å²) in [6.45, 7) is 0.0217. The van der Waals surface area contributed by atoms with E-state index in [2.05, 4.69) is 5.32 Å². The fraction of sp³-hybridized carbons (Fsp3) is 0.185. The fourth-order valence-corrected chi connectivity index (χ4v) is 3.87. The number of fused-ring (bicyclic) bond motifs is 1. The third kappa shape index (κ3) is 5.41. The molecule has 1 N–H and O–H groups in total. The summed E-state index contributed by atoms with van der Waals surface area (Å²) in [6.07, 6.45) is 0.578. The third-order valence-electron chi connectivity index (χ3n) is 5.41. The van der Waals surface area contributed by atoms with Crippen LogP contribution in [0.2, 0.25) is 5.02 Å². The molecule has 180 valence electrons. The van der Waals surface area contributed by atoms with Gasteiger partial charge in [-0.1, -0.05) is 41.9 Å². The second kappa shape index (κ2) is 11.0. The molecule has 4 aromatic rings. The lowest BCUT2D eigenvalue weighted by Crippen LogP contribution is -2.31. The summed E-state index contributed by atoms with van der Waals surface area (Å²) in [5, 5.41) is 3.55. The lowest BCUT2D eigenvalue weighted by Gasteiger charge is -2.13. The highest BCUT2D eigenvalue weighted by molar-refractivity contribution is 6.33. The second-order valence-corrected chi connectivity index (χ2v) is 8.05. The van der Waals surface area contributed by atoms with Gasteiger partial charge in [-0.15, -0.1) is 0 Å². The van der Waals surface area contributed by atoms with Gasteiger partial charge in [0.05, 0.1) is 24.6 Å². The average molecular weight is 494 g/mol. The molecule has 0 aliphatic rings. The van der Waals surface area contributed by atoms with Crippen LogP contribution in [0.3, 0.4) is 0 Å². The molecule has 0 radical (unpaired) electrons. The van der Waals surface area contributed by atoms with Gasteiger partial charge in [0.2, 0.25) is 11.2 Å². The van der Waals surface area contributed by atoms with Crippen molar-refractivity contribution in [3.05, 3.63) is 87.5 Å². The fourth-order valence-electron chi connectivity index (χ4n) is 3.65. The first-order chi connectivity index (χ1) is 17.0. The minimum absolute atomic E-state index is 0.0631. The van der Waals surface area contributed by atoms with Crippen LogP contribution in [0.5, 0.6) is 17.2 Å². The summed E-state index contributed by atoms with van der Waals surface area (Å²) in [4.78, 5) is 25.7. The first-order valence-corrected chi connectivity index (χ1v) is 11.3. The van der Waals surface area contributed by atoms with Gasteiger partial charge in [-0.25, -0.2) is 0 Å². The Balaban J connectivity index is 1.48. The number of rotatable bonds is 9. The van der Waals surface area contributed by atoms with Crippen LogP contribution in [0.1, 0.15) is 5.56 Å². The van der Waals surface area contributed by atoms with Gasteiger partial charge in [-0.05, 0) is 48.4 Å². The van der Waals surface area contributed by atoms with Crippen molar-refractivity contribution in [1.82, 2.24) is 5.32 Å². The number of nitrogens with one attached hydrogen (secondary N) is 1. The van der Waals surface area contributed by atoms with E-state index in [1.54, 1.807) is 62.8 Å². The predicted molar refractivity (Wildman–Crippen MR) is 135 cm³/mol. The van der Waals surface area contributed by atoms with E-state index in [9.17, 15) is 9.59 Å². The van der Waals surface area contributed by atoms with Crippen molar-refractivity contribution >= 4 is 28.5 Å². The smallest absolute Gasteiger partial charge is 0.257 e. The normalized spacial score (nSPS) is 10.7. The summed E-state index contributed by atoms with van der Waals surface area (Å²) in [5.41, 5.74) is 1.50. The number of amides is 1. The van der Waals surface area contributed by atoms with Crippen LogP contribution in [0.15, 0.2) is 75.9 Å². The SMILES string of the molecule is COc1ccc(CCNC(=O)COc2c(-c3ccccc3Cl)oc3ccccc3c2=O)cc1OC. The van der Waals surface area contributed by atoms with E-state index in [0.29, 0.717) is 46.0 Å². The zero-order valence-corrected chi connectivity index (χ0v) is 20.1. The number of hydrogen-bond donors (Lipinski definition) is 1. The molecule has 0 spiro atoms. The molecule has 0 bridgehead atoms. The van der Waals surface area contributed by atoms with E-state index in [-0.39, 0.29) is 29.5 Å². The van der Waals surface area contributed by atoms with Crippen LogP contribution in [0, 0.1) is 0 Å². The summed E-state index contributed by atoms with van der Waals surface area (Å²) in [7, 11) is 3.14. The number of halogens is 1. The molecular formula is C27H24ClNO6. The molecule has 4 rings (SSSR count). The van der Waals surface area contributed by atoms with E-state index in [0.717, 1.165) is 5.56 Å². The van der Waals surface area contributed by atoms with E-state index in [1.807, 2.05) is 18.2 Å². The van der Waals surface area contributed by atoms with Gasteiger partial charge < -0.3 is 23.9 Å². The highest BCUT2D eigenvalue weighted by Crippen LogP contribution is 2.35. The maximum atomic E-state index is 13.2. The van der Waals surface area contributed by atoms with Gasteiger partial charge in [0.25, 0.3) is 5.91 Å². The van der Waals surface area contributed by atoms with Crippen LogP contribution in [-0.4, -0.2) is 33.3 Å². The van der Waals surface area contributed by atoms with Gasteiger partial charge >= 0.3 is 0 Å². The van der Waals surface area contributed by atoms with Gasteiger partial charge in [-0.3, -0.25) is 9.59 Å². The molecule has 0 aliphatic carbocycles. The van der Waals surface area contributed by atoms with Crippen molar-refractivity contribution in [2.45, 2.75) is 6.42 Å². The maximum absolute atomic E-state index is 13.2. The molecule has 1 aromatic heterocycles. The largest absolute Gasteiger partial charge is 0.493 e. The van der Waals surface area contributed by atoms with Crippen LogP contribution in [-0.2, 0) is 11.2 Å². The molecule has 8 heteroatoms. The molecule has 3 aromatic carbocycles. The van der Waals surface area contributed by atoms with E-state index in [4.69, 9.17) is 30.2 Å². The monoisotopic (exact) mass is 493 g/mol. The zero-order valence-electron chi connectivity index (χ0n) is 19.3. The Bertz CT molecular complexity index is 1410. The first-order valence-electron chi connectivity index (χ1n) is 10.9. The number of benzene rings is 3. The third-order valence-corrected chi connectivity index (χ3v) is 5.74. The highest BCUT2D eigenvalue weighted by Gasteiger charge is 2.20. The van der Waals surface area contributed by atoms with Gasteiger partial charge in [0.1, 0.15) is 5.58 Å². The second-order valence-electron chi connectivity index (χ2n) is 7.64. The molecule has 0 aliphatic heterocycles. The molecule has 1 heterocycles. The summed E-state index contributed by atoms with van der Waals surface area (Å²) in [5.74, 6) is 0.999. The summed E-state index contributed by atoms with van der Waals surface area (Å²) in [6, 6.07) is 19.4. The van der Waals surface area contributed by atoms with Crippen molar-refractivity contribution in [2.24, 2.45) is 0 Å². The maximum Gasteiger partial charge on any atom is 0.257 e. The molecule has 0 saturated carbocycles. The minimum Gasteiger partial charge on any atom is -0.493 e. The van der Waals surface area contributed by atoms with Crippen molar-refractivity contribution < 1.29 is 23.4 Å². The molecule has 35 heavy (non-hydrogen) atoms. The number of hydrogen-bond acceptors (Lipinski definition) is 6. The van der Waals surface area contributed by atoms with E-state index >= 15 is 0 Å². The number of para-hydroxylation sites is 1. The van der Waals surface area contributed by atoms with Crippen LogP contribution in [0.4, 0.5) is 0 Å². The predicted octanol–water partition coefficient (Wildman–Crippen LogP) is 4.87. The standard InChI is InChI=1S/C27H24ClNO6/c1-32-22-12-11-17(15-23(22)33-2)13-14-29-24(30)16-34-27-25(31)19-8-4-6-10-21(19)35-26(27)18-7-3-5-9-20(18)28/h3-12,15H,13-14,16H2,1-2H3,(H,29,30). The number of methoxy groups -OCH3 is 2. The molecule has 0 unspecified atom stereocenters. The Morgan fingerprint density at radius 3 is 2.49 bits per heavy atom. The van der Waals surface area contributed by atoms with Gasteiger partial charge in [0.15, 0.2) is 23.9 Å². The lowest BCUT2D eigenvalue weighted by molar-refractivity contribution is -0.123. The summed E-state index contributed by atoms with van der Waals surface area (Å²) < 4.78 is 22.2. The molecular weight excluding hydrogens is 470 g/mol. The Labute approximate surface area is 207 Å². The van der Waals surface area contributed by atoms with Crippen molar-refractivity contribution in [2.75, 3.05) is 27.4 Å². The summed E-state index contributed by atoms with van der Waals surface area (Å²) >= 11 is 6.35. The minimum atomic E-state index is -0.375. The van der Waals surface area contributed by atoms with Crippen molar-refractivity contribution in [3.8, 4) is 28.6 Å². The Morgan fingerprint density at radius 1 is 0.971 bits per heavy atom. The number of carbonyl (C=O) groups excluding carboxylic acids is 1. The Kier molecular flexibility index (Phi) is 7.57. The van der Waals surface area contributed by atoms with Gasteiger partial charge in [0, 0.05) is 12.1 Å². The lowest BCUT2D eigenvalue weighted by atomic mass is 10.1. The van der Waals surface area contributed by atoms with Crippen LogP contribution >= 0.6 is 11.6 Å². The Hall–Kier alpha value is -3.97.